The second-order valence-corrected chi connectivity index (χ2v) is 6.60. The lowest BCUT2D eigenvalue weighted by molar-refractivity contribution is 0.478. The first kappa shape index (κ1) is 18.0. The highest BCUT2D eigenvalue weighted by Gasteiger charge is 2.07. The van der Waals surface area contributed by atoms with Crippen molar-refractivity contribution in [3.8, 4) is 5.75 Å². The molecule has 3 aromatic carbocycles. The molecule has 0 bridgehead atoms. The second kappa shape index (κ2) is 9.02. The van der Waals surface area contributed by atoms with E-state index in [2.05, 4.69) is 4.99 Å². The summed E-state index contributed by atoms with van der Waals surface area (Å²) in [4.78, 5) is 5.74. The largest absolute Gasteiger partial charge is 0.465 e. The molecule has 0 amide bonds. The number of ether oxygens (including phenoxy) is 1. The molecule has 0 fully saturated rings. The molecule has 0 aliphatic carbocycles. The third-order valence-electron chi connectivity index (χ3n) is 3.47. The topological polar surface area (TPSA) is 21.6 Å². The van der Waals surface area contributed by atoms with E-state index in [4.69, 9.17) is 4.74 Å². The Morgan fingerprint density at radius 1 is 0.885 bits per heavy atom. The monoisotopic (exact) mass is 363 g/mol. The number of benzene rings is 3. The molecule has 3 aromatic rings. The number of nitrogens with zero attached hydrogens (tertiary/aromatic N) is 1. The highest BCUT2D eigenvalue weighted by molar-refractivity contribution is 8.14. The van der Waals surface area contributed by atoms with Gasteiger partial charge in [-0.05, 0) is 55.5 Å². The molecular formula is C22H18FNOS. The Morgan fingerprint density at radius 3 is 2.15 bits per heavy atom. The van der Waals surface area contributed by atoms with Crippen molar-refractivity contribution in [2.75, 3.05) is 0 Å². The molecule has 0 unspecified atom stereocenters. The van der Waals surface area contributed by atoms with Crippen LogP contribution in [0.15, 0.2) is 107 Å². The molecule has 0 aromatic heterocycles. The van der Waals surface area contributed by atoms with Crippen molar-refractivity contribution in [2.24, 2.45) is 4.99 Å². The van der Waals surface area contributed by atoms with Crippen LogP contribution < -0.4 is 4.74 Å². The summed E-state index contributed by atoms with van der Waals surface area (Å²) in [6.07, 6.45) is 1.69. The van der Waals surface area contributed by atoms with Gasteiger partial charge in [-0.15, -0.1) is 0 Å². The fourth-order valence-electron chi connectivity index (χ4n) is 2.13. The molecule has 2 nitrogen and oxygen atoms in total. The Morgan fingerprint density at radius 2 is 1.50 bits per heavy atom. The van der Waals surface area contributed by atoms with Gasteiger partial charge in [-0.25, -0.2) is 9.38 Å². The summed E-state index contributed by atoms with van der Waals surface area (Å²) >= 11 is 1.54. The van der Waals surface area contributed by atoms with Gasteiger partial charge in [-0.1, -0.05) is 48.2 Å². The zero-order chi connectivity index (χ0) is 18.2. The fraction of sp³-hybridized carbons (Fsp3) is 0.0455. The molecule has 0 aliphatic rings. The number of hydrogen-bond donors (Lipinski definition) is 0. The van der Waals surface area contributed by atoms with Gasteiger partial charge in [-0.3, -0.25) is 0 Å². The van der Waals surface area contributed by atoms with Crippen LogP contribution in [-0.4, -0.2) is 5.04 Å². The van der Waals surface area contributed by atoms with Crippen molar-refractivity contribution in [3.05, 3.63) is 103 Å². The van der Waals surface area contributed by atoms with E-state index in [0.29, 0.717) is 5.69 Å². The van der Waals surface area contributed by atoms with Crippen LogP contribution in [0.5, 0.6) is 5.75 Å². The predicted octanol–water partition coefficient (Wildman–Crippen LogP) is 6.63. The summed E-state index contributed by atoms with van der Waals surface area (Å²) in [5, 5.41) is 0.790. The van der Waals surface area contributed by atoms with Crippen LogP contribution in [0.25, 0.3) is 0 Å². The van der Waals surface area contributed by atoms with Gasteiger partial charge in [0.25, 0.3) is 0 Å². The summed E-state index contributed by atoms with van der Waals surface area (Å²) in [6.45, 7) is 1.95. The van der Waals surface area contributed by atoms with E-state index in [0.717, 1.165) is 21.3 Å². The van der Waals surface area contributed by atoms with Crippen molar-refractivity contribution < 1.29 is 9.13 Å². The maximum atomic E-state index is 13.2. The fourth-order valence-corrected chi connectivity index (χ4v) is 3.01. The normalized spacial score (nSPS) is 12.1. The molecule has 0 N–H and O–H groups in total. The van der Waals surface area contributed by atoms with Gasteiger partial charge in [0, 0.05) is 10.5 Å². The summed E-state index contributed by atoms with van der Waals surface area (Å²) < 4.78 is 18.9. The van der Waals surface area contributed by atoms with Gasteiger partial charge < -0.3 is 4.74 Å². The standard InChI is InChI=1S/C22H18FNOS/c1-17(16-25-20-8-4-2-5-9-20)22(26-21-10-6-3-7-11-21)24-19-14-12-18(23)13-15-19/h2-16H,1H3/b17-16+,24-22?. The SMILES string of the molecule is C/C(=C\Oc1ccccc1)C(=Nc1ccc(F)cc1)Sc1ccccc1. The maximum Gasteiger partial charge on any atom is 0.126 e. The molecule has 3 rings (SSSR count). The Kier molecular flexibility index (Phi) is 6.23. The minimum atomic E-state index is -0.277. The zero-order valence-corrected chi connectivity index (χ0v) is 15.1. The van der Waals surface area contributed by atoms with Gasteiger partial charge >= 0.3 is 0 Å². The molecule has 130 valence electrons. The highest BCUT2D eigenvalue weighted by Crippen LogP contribution is 2.26. The molecule has 26 heavy (non-hydrogen) atoms. The van der Waals surface area contributed by atoms with Crippen molar-refractivity contribution in [1.29, 1.82) is 0 Å². The van der Waals surface area contributed by atoms with Crippen LogP contribution in [-0.2, 0) is 0 Å². The Labute approximate surface area is 157 Å². The molecule has 0 heterocycles. The minimum absolute atomic E-state index is 0.277. The van der Waals surface area contributed by atoms with Gasteiger partial charge in [-0.2, -0.15) is 0 Å². The van der Waals surface area contributed by atoms with E-state index < -0.39 is 0 Å². The van der Waals surface area contributed by atoms with Gasteiger partial charge in [0.05, 0.1) is 11.9 Å². The molecule has 0 saturated heterocycles. The van der Waals surface area contributed by atoms with Crippen molar-refractivity contribution in [2.45, 2.75) is 11.8 Å². The molecule has 0 spiro atoms. The first-order valence-corrected chi connectivity index (χ1v) is 8.98. The third kappa shape index (κ3) is 5.33. The van der Waals surface area contributed by atoms with Crippen LogP contribution in [0.3, 0.4) is 0 Å². The number of thioether (sulfide) groups is 1. The zero-order valence-electron chi connectivity index (χ0n) is 14.3. The van der Waals surface area contributed by atoms with Crippen LogP contribution in [0.4, 0.5) is 10.1 Å². The van der Waals surface area contributed by atoms with Gasteiger partial charge in [0.15, 0.2) is 0 Å². The van der Waals surface area contributed by atoms with E-state index in [1.165, 1.54) is 23.9 Å². The lowest BCUT2D eigenvalue weighted by atomic mass is 10.3. The van der Waals surface area contributed by atoms with Gasteiger partial charge in [0.1, 0.15) is 16.6 Å². The Hall–Kier alpha value is -2.85. The van der Waals surface area contributed by atoms with Crippen LogP contribution >= 0.6 is 11.8 Å². The van der Waals surface area contributed by atoms with E-state index in [-0.39, 0.29) is 5.82 Å². The maximum absolute atomic E-state index is 13.2. The first-order chi connectivity index (χ1) is 12.7. The average Bonchev–Trinajstić information content (AvgIpc) is 2.69. The van der Waals surface area contributed by atoms with Gasteiger partial charge in [0.2, 0.25) is 0 Å². The van der Waals surface area contributed by atoms with Crippen molar-refractivity contribution in [3.63, 3.8) is 0 Å². The smallest absolute Gasteiger partial charge is 0.126 e. The van der Waals surface area contributed by atoms with E-state index in [1.807, 2.05) is 67.6 Å². The highest BCUT2D eigenvalue weighted by atomic mass is 32.2. The number of halogens is 1. The molecule has 0 saturated carbocycles. The summed E-state index contributed by atoms with van der Waals surface area (Å²) in [6, 6.07) is 25.7. The summed E-state index contributed by atoms with van der Waals surface area (Å²) in [7, 11) is 0. The number of para-hydroxylation sites is 1. The lowest BCUT2D eigenvalue weighted by Gasteiger charge is -2.08. The minimum Gasteiger partial charge on any atom is -0.465 e. The van der Waals surface area contributed by atoms with Crippen LogP contribution in [0.1, 0.15) is 6.92 Å². The third-order valence-corrected chi connectivity index (χ3v) is 4.58. The summed E-state index contributed by atoms with van der Waals surface area (Å²) in [5.74, 6) is 0.485. The van der Waals surface area contributed by atoms with Crippen molar-refractivity contribution >= 4 is 22.5 Å². The van der Waals surface area contributed by atoms with E-state index in [1.54, 1.807) is 18.4 Å². The first-order valence-electron chi connectivity index (χ1n) is 8.17. The molecular weight excluding hydrogens is 345 g/mol. The predicted molar refractivity (Wildman–Crippen MR) is 107 cm³/mol. The number of aliphatic imine (C=N–C) groups is 1. The Bertz CT molecular complexity index is 890. The number of rotatable bonds is 5. The lowest BCUT2D eigenvalue weighted by Crippen LogP contribution is -1.97. The molecule has 0 atom stereocenters. The average molecular weight is 363 g/mol. The van der Waals surface area contributed by atoms with Crippen LogP contribution in [0, 0.1) is 5.82 Å². The van der Waals surface area contributed by atoms with E-state index >= 15 is 0 Å². The summed E-state index contributed by atoms with van der Waals surface area (Å²) in [5.41, 5.74) is 1.57. The van der Waals surface area contributed by atoms with E-state index in [9.17, 15) is 4.39 Å². The molecule has 4 heteroatoms. The molecule has 0 radical (unpaired) electrons. The molecule has 0 aliphatic heterocycles. The number of hydrogen-bond acceptors (Lipinski definition) is 3. The Balaban J connectivity index is 1.87. The van der Waals surface area contributed by atoms with Crippen LogP contribution in [0.2, 0.25) is 0 Å². The second-order valence-electron chi connectivity index (χ2n) is 5.54. The quantitative estimate of drug-likeness (QED) is 0.220. The van der Waals surface area contributed by atoms with Crippen molar-refractivity contribution in [1.82, 2.24) is 0 Å².